The Morgan fingerprint density at radius 2 is 1.84 bits per heavy atom. The Kier molecular flexibility index (Phi) is 6.33. The lowest BCUT2D eigenvalue weighted by atomic mass is 9.98. The number of aryl methyl sites for hydroxylation is 1. The van der Waals surface area contributed by atoms with Crippen molar-refractivity contribution in [3.05, 3.63) is 75.1 Å². The third-order valence-electron chi connectivity index (χ3n) is 5.79. The predicted molar refractivity (Wildman–Crippen MR) is 125 cm³/mol. The zero-order valence-electron chi connectivity index (χ0n) is 19.2. The second-order valence-electron chi connectivity index (χ2n) is 8.65. The van der Waals surface area contributed by atoms with Crippen LogP contribution in [-0.2, 0) is 0 Å². The Hall–Kier alpha value is -3.12. The summed E-state index contributed by atoms with van der Waals surface area (Å²) in [5, 5.41) is 0.514. The van der Waals surface area contributed by atoms with E-state index in [0.717, 1.165) is 36.3 Å². The summed E-state index contributed by atoms with van der Waals surface area (Å²) in [7, 11) is 4.01. The lowest BCUT2D eigenvalue weighted by Gasteiger charge is -2.26. The van der Waals surface area contributed by atoms with Crippen LogP contribution in [0.4, 0.5) is 0 Å². The number of benzene rings is 2. The molecule has 1 aliphatic heterocycles. The average molecular weight is 435 g/mol. The molecule has 1 atom stereocenters. The zero-order chi connectivity index (χ0) is 22.8. The van der Waals surface area contributed by atoms with Crippen molar-refractivity contribution in [1.82, 2.24) is 9.80 Å². The standard InChI is InChI=1S/C26H30N2O4/c1-5-15-31-19-10-8-18(9-11-19)23-22-24(29)20-16-17(2)7-12-21(20)32-25(22)26(30)28(23)14-6-13-27(3)4/h7-12,16,23H,5-6,13-15H2,1-4H3. The van der Waals surface area contributed by atoms with Gasteiger partial charge in [0.2, 0.25) is 5.76 Å². The number of rotatable bonds is 8. The van der Waals surface area contributed by atoms with Gasteiger partial charge in [-0.25, -0.2) is 0 Å². The van der Waals surface area contributed by atoms with Crippen molar-refractivity contribution in [2.75, 3.05) is 33.8 Å². The number of hydrogen-bond acceptors (Lipinski definition) is 5. The average Bonchev–Trinajstić information content (AvgIpc) is 3.05. The minimum absolute atomic E-state index is 0.135. The molecule has 0 saturated carbocycles. The van der Waals surface area contributed by atoms with Crippen LogP contribution in [0.15, 0.2) is 51.7 Å². The van der Waals surface area contributed by atoms with Crippen molar-refractivity contribution < 1.29 is 13.9 Å². The van der Waals surface area contributed by atoms with Gasteiger partial charge < -0.3 is 19.0 Å². The molecule has 0 bridgehead atoms. The smallest absolute Gasteiger partial charge is 0.290 e. The van der Waals surface area contributed by atoms with E-state index in [9.17, 15) is 9.59 Å². The summed E-state index contributed by atoms with van der Waals surface area (Å²) < 4.78 is 11.7. The summed E-state index contributed by atoms with van der Waals surface area (Å²) in [5.41, 5.74) is 2.60. The normalized spacial score (nSPS) is 15.6. The molecule has 4 rings (SSSR count). The van der Waals surface area contributed by atoms with E-state index in [4.69, 9.17) is 9.15 Å². The van der Waals surface area contributed by atoms with E-state index in [1.165, 1.54) is 0 Å². The minimum atomic E-state index is -0.471. The summed E-state index contributed by atoms with van der Waals surface area (Å²) in [6.07, 6.45) is 1.73. The van der Waals surface area contributed by atoms with E-state index < -0.39 is 6.04 Å². The zero-order valence-corrected chi connectivity index (χ0v) is 19.2. The van der Waals surface area contributed by atoms with Gasteiger partial charge in [-0.3, -0.25) is 9.59 Å². The van der Waals surface area contributed by atoms with E-state index in [1.807, 2.05) is 57.4 Å². The molecule has 0 saturated heterocycles. The molecule has 0 fully saturated rings. The summed E-state index contributed by atoms with van der Waals surface area (Å²) in [4.78, 5) is 30.8. The summed E-state index contributed by atoms with van der Waals surface area (Å²) >= 11 is 0. The molecule has 1 amide bonds. The molecule has 1 unspecified atom stereocenters. The van der Waals surface area contributed by atoms with E-state index in [1.54, 1.807) is 11.0 Å². The third-order valence-corrected chi connectivity index (χ3v) is 5.79. The van der Waals surface area contributed by atoms with E-state index in [-0.39, 0.29) is 17.1 Å². The van der Waals surface area contributed by atoms with Crippen LogP contribution in [0.5, 0.6) is 5.75 Å². The number of amides is 1. The minimum Gasteiger partial charge on any atom is -0.494 e. The van der Waals surface area contributed by atoms with Crippen LogP contribution in [0.3, 0.4) is 0 Å². The van der Waals surface area contributed by atoms with Crippen LogP contribution in [0.25, 0.3) is 11.0 Å². The fraction of sp³-hybridized carbons (Fsp3) is 0.385. The van der Waals surface area contributed by atoms with Crippen LogP contribution in [0.1, 0.15) is 53.1 Å². The molecule has 0 aliphatic carbocycles. The maximum Gasteiger partial charge on any atom is 0.290 e. The van der Waals surface area contributed by atoms with E-state index >= 15 is 0 Å². The second-order valence-corrected chi connectivity index (χ2v) is 8.65. The van der Waals surface area contributed by atoms with Crippen LogP contribution in [0, 0.1) is 6.92 Å². The Morgan fingerprint density at radius 1 is 1.09 bits per heavy atom. The molecule has 1 aromatic heterocycles. The molecule has 1 aliphatic rings. The first kappa shape index (κ1) is 22.1. The third kappa shape index (κ3) is 4.15. The van der Waals surface area contributed by atoms with Gasteiger partial charge in [0.15, 0.2) is 5.43 Å². The summed E-state index contributed by atoms with van der Waals surface area (Å²) in [6, 6.07) is 12.7. The van der Waals surface area contributed by atoms with Crippen molar-refractivity contribution >= 4 is 16.9 Å². The predicted octanol–water partition coefficient (Wildman–Crippen LogP) is 4.39. The fourth-order valence-corrected chi connectivity index (χ4v) is 4.23. The van der Waals surface area contributed by atoms with Gasteiger partial charge in [-0.2, -0.15) is 0 Å². The molecule has 0 N–H and O–H groups in total. The van der Waals surface area contributed by atoms with Gasteiger partial charge in [-0.15, -0.1) is 0 Å². The molecule has 6 nitrogen and oxygen atoms in total. The number of nitrogens with zero attached hydrogens (tertiary/aromatic N) is 2. The molecule has 0 spiro atoms. The maximum atomic E-state index is 13.6. The number of carbonyl (C=O) groups excluding carboxylic acids is 1. The molecule has 0 radical (unpaired) electrons. The Balaban J connectivity index is 1.80. The van der Waals surface area contributed by atoms with E-state index in [0.29, 0.717) is 29.7 Å². The van der Waals surface area contributed by atoms with Crippen molar-refractivity contribution in [2.45, 2.75) is 32.7 Å². The maximum absolute atomic E-state index is 13.6. The molecule has 168 valence electrons. The topological polar surface area (TPSA) is 63.0 Å². The monoisotopic (exact) mass is 434 g/mol. The van der Waals surface area contributed by atoms with Crippen LogP contribution in [-0.4, -0.2) is 49.5 Å². The highest BCUT2D eigenvalue weighted by atomic mass is 16.5. The summed E-state index contributed by atoms with van der Waals surface area (Å²) in [6.45, 7) is 6.04. The van der Waals surface area contributed by atoms with E-state index in [2.05, 4.69) is 11.8 Å². The van der Waals surface area contributed by atoms with Crippen LogP contribution in [0.2, 0.25) is 0 Å². The first-order valence-electron chi connectivity index (χ1n) is 11.2. The molecular formula is C26H30N2O4. The van der Waals surface area contributed by atoms with Crippen molar-refractivity contribution in [1.29, 1.82) is 0 Å². The molecular weight excluding hydrogens is 404 g/mol. The van der Waals surface area contributed by atoms with Crippen molar-refractivity contribution in [2.24, 2.45) is 0 Å². The molecule has 3 aromatic rings. The van der Waals surface area contributed by atoms with Crippen molar-refractivity contribution in [3.8, 4) is 5.75 Å². The molecule has 32 heavy (non-hydrogen) atoms. The largest absolute Gasteiger partial charge is 0.494 e. The highest BCUT2D eigenvalue weighted by Gasteiger charge is 2.42. The van der Waals surface area contributed by atoms with Gasteiger partial charge in [0.1, 0.15) is 11.3 Å². The molecule has 2 aromatic carbocycles. The van der Waals surface area contributed by atoms with Gasteiger partial charge in [-0.05, 0) is 70.2 Å². The molecule has 6 heteroatoms. The number of carbonyl (C=O) groups is 1. The summed E-state index contributed by atoms with van der Waals surface area (Å²) in [5.74, 6) is 0.711. The highest BCUT2D eigenvalue weighted by Crippen LogP contribution is 2.38. The van der Waals surface area contributed by atoms with Gasteiger partial charge in [0.05, 0.1) is 23.6 Å². The fourth-order valence-electron chi connectivity index (χ4n) is 4.23. The lowest BCUT2D eigenvalue weighted by molar-refractivity contribution is 0.0722. The highest BCUT2D eigenvalue weighted by molar-refractivity contribution is 5.99. The SMILES string of the molecule is CCCOc1ccc(C2c3c(oc4ccc(C)cc4c3=O)C(=O)N2CCCN(C)C)cc1. The molecule has 2 heterocycles. The first-order chi connectivity index (χ1) is 15.4. The second kappa shape index (κ2) is 9.17. The number of hydrogen-bond donors (Lipinski definition) is 0. The quantitative estimate of drug-likeness (QED) is 0.526. The van der Waals surface area contributed by atoms with Gasteiger partial charge in [0, 0.05) is 6.54 Å². The Morgan fingerprint density at radius 3 is 2.53 bits per heavy atom. The lowest BCUT2D eigenvalue weighted by Crippen LogP contribution is -2.32. The van der Waals surface area contributed by atoms with Gasteiger partial charge in [-0.1, -0.05) is 30.7 Å². The first-order valence-corrected chi connectivity index (χ1v) is 11.2. The van der Waals surface area contributed by atoms with Crippen molar-refractivity contribution in [3.63, 3.8) is 0 Å². The van der Waals surface area contributed by atoms with Gasteiger partial charge >= 0.3 is 0 Å². The Labute approximate surface area is 188 Å². The number of ether oxygens (including phenoxy) is 1. The number of fused-ring (bicyclic) bond motifs is 2. The Bertz CT molecular complexity index is 1180. The van der Waals surface area contributed by atoms with Crippen LogP contribution < -0.4 is 10.2 Å². The van der Waals surface area contributed by atoms with Gasteiger partial charge in [0.25, 0.3) is 5.91 Å². The van der Waals surface area contributed by atoms with Crippen LogP contribution >= 0.6 is 0 Å².